The second-order valence-corrected chi connectivity index (χ2v) is 6.18. The predicted molar refractivity (Wildman–Crippen MR) is 61.8 cm³/mol. The lowest BCUT2D eigenvalue weighted by atomic mass is 9.80. The molecule has 0 spiro atoms. The van der Waals surface area contributed by atoms with Gasteiger partial charge < -0.3 is 0 Å². The number of rotatable bonds is 1. The van der Waals surface area contributed by atoms with E-state index in [4.69, 9.17) is 0 Å². The Morgan fingerprint density at radius 1 is 1.08 bits per heavy atom. The molecule has 1 heterocycles. The zero-order chi connectivity index (χ0) is 10.1. The van der Waals surface area contributed by atoms with Gasteiger partial charge in [0.15, 0.2) is 0 Å². The number of thioether (sulfide) groups is 1. The van der Waals surface area contributed by atoms with E-state index in [1.165, 1.54) is 11.5 Å². The maximum atomic E-state index is 3.48. The fraction of sp³-hybridized carbons (Fsp3) is 0.833. The quantitative estimate of drug-likeness (QED) is 0.579. The molecule has 0 aliphatic carbocycles. The van der Waals surface area contributed by atoms with Gasteiger partial charge in [0.2, 0.25) is 0 Å². The zero-order valence-corrected chi connectivity index (χ0v) is 10.2. The van der Waals surface area contributed by atoms with Crippen molar-refractivity contribution in [3.8, 4) is 11.8 Å². The summed E-state index contributed by atoms with van der Waals surface area (Å²) in [6, 6.07) is 0. The molecule has 0 aromatic rings. The smallest absolute Gasteiger partial charge is 0.0399 e. The Morgan fingerprint density at radius 3 is 2.23 bits per heavy atom. The van der Waals surface area contributed by atoms with Gasteiger partial charge in [0.05, 0.1) is 0 Å². The highest BCUT2D eigenvalue weighted by Gasteiger charge is 2.30. The van der Waals surface area contributed by atoms with Crippen LogP contribution in [0.2, 0.25) is 0 Å². The zero-order valence-electron chi connectivity index (χ0n) is 9.40. The Labute approximate surface area is 86.9 Å². The van der Waals surface area contributed by atoms with Crippen LogP contribution in [0.15, 0.2) is 0 Å². The monoisotopic (exact) mass is 196 g/mol. The van der Waals surface area contributed by atoms with Crippen molar-refractivity contribution in [1.82, 2.24) is 0 Å². The van der Waals surface area contributed by atoms with Crippen molar-refractivity contribution in [2.24, 2.45) is 16.7 Å². The van der Waals surface area contributed by atoms with E-state index >= 15 is 0 Å². The van der Waals surface area contributed by atoms with Crippen LogP contribution in [0.5, 0.6) is 0 Å². The van der Waals surface area contributed by atoms with Gasteiger partial charge in [-0.05, 0) is 26.7 Å². The lowest BCUT2D eigenvalue weighted by Gasteiger charge is -2.26. The highest BCUT2D eigenvalue weighted by atomic mass is 32.2. The molecule has 1 unspecified atom stereocenters. The van der Waals surface area contributed by atoms with Crippen molar-refractivity contribution in [2.75, 3.05) is 11.5 Å². The topological polar surface area (TPSA) is 0 Å². The van der Waals surface area contributed by atoms with Crippen LogP contribution in [0.3, 0.4) is 0 Å². The molecule has 1 aliphatic rings. The molecule has 1 atom stereocenters. The van der Waals surface area contributed by atoms with Crippen molar-refractivity contribution < 1.29 is 0 Å². The van der Waals surface area contributed by atoms with E-state index < -0.39 is 0 Å². The molecular formula is C12H20S. The van der Waals surface area contributed by atoms with Crippen LogP contribution < -0.4 is 0 Å². The van der Waals surface area contributed by atoms with Gasteiger partial charge in [0.1, 0.15) is 0 Å². The first-order valence-corrected chi connectivity index (χ1v) is 6.13. The van der Waals surface area contributed by atoms with E-state index in [1.807, 2.05) is 11.8 Å². The Kier molecular flexibility index (Phi) is 3.02. The average molecular weight is 196 g/mol. The molecule has 0 aromatic heterocycles. The lowest BCUT2D eigenvalue weighted by molar-refractivity contribution is 0.358. The Morgan fingerprint density at radius 2 is 1.69 bits per heavy atom. The summed E-state index contributed by atoms with van der Waals surface area (Å²) in [5.74, 6) is 9.90. The molecule has 1 rings (SSSR count). The summed E-state index contributed by atoms with van der Waals surface area (Å²) in [4.78, 5) is 0. The molecule has 13 heavy (non-hydrogen) atoms. The summed E-state index contributed by atoms with van der Waals surface area (Å²) in [6.45, 7) is 11.3. The third kappa shape index (κ3) is 2.68. The van der Waals surface area contributed by atoms with Gasteiger partial charge in [-0.3, -0.25) is 0 Å². The summed E-state index contributed by atoms with van der Waals surface area (Å²) in [6.07, 6.45) is 0. The van der Waals surface area contributed by atoms with E-state index in [0.29, 0.717) is 5.92 Å². The van der Waals surface area contributed by atoms with E-state index in [2.05, 4.69) is 46.5 Å². The van der Waals surface area contributed by atoms with Crippen molar-refractivity contribution >= 4 is 11.8 Å². The average Bonchev–Trinajstić information content (AvgIpc) is 2.12. The van der Waals surface area contributed by atoms with Gasteiger partial charge in [-0.15, -0.1) is 0 Å². The predicted octanol–water partition coefficient (Wildman–Crippen LogP) is 3.43. The Bertz CT molecular complexity index is 242. The van der Waals surface area contributed by atoms with Crippen LogP contribution in [0, 0.1) is 28.6 Å². The largest absolute Gasteiger partial charge is 0.159 e. The Hall–Kier alpha value is -0.0900. The van der Waals surface area contributed by atoms with Crippen LogP contribution >= 0.6 is 11.8 Å². The minimum atomic E-state index is 0.206. The number of hydrogen-bond acceptors (Lipinski definition) is 1. The second kappa shape index (κ2) is 3.58. The molecule has 1 heteroatoms. The minimum absolute atomic E-state index is 0.206. The van der Waals surface area contributed by atoms with Crippen molar-refractivity contribution in [2.45, 2.75) is 34.6 Å². The molecule has 0 saturated heterocycles. The van der Waals surface area contributed by atoms with Crippen LogP contribution in [-0.4, -0.2) is 11.5 Å². The summed E-state index contributed by atoms with van der Waals surface area (Å²) in [5.41, 5.74) is 0.426. The van der Waals surface area contributed by atoms with Gasteiger partial charge >= 0.3 is 0 Å². The fourth-order valence-electron chi connectivity index (χ4n) is 1.21. The van der Waals surface area contributed by atoms with E-state index in [9.17, 15) is 0 Å². The first kappa shape index (κ1) is 11.0. The van der Waals surface area contributed by atoms with Crippen LogP contribution in [-0.2, 0) is 0 Å². The van der Waals surface area contributed by atoms with E-state index in [-0.39, 0.29) is 10.8 Å². The molecule has 0 radical (unpaired) electrons. The normalized spacial score (nSPS) is 32.2. The van der Waals surface area contributed by atoms with Crippen LogP contribution in [0.25, 0.3) is 0 Å². The van der Waals surface area contributed by atoms with Crippen molar-refractivity contribution in [3.05, 3.63) is 0 Å². The number of hydrogen-bond donors (Lipinski definition) is 0. The lowest BCUT2D eigenvalue weighted by Crippen LogP contribution is -2.23. The molecule has 1 aliphatic heterocycles. The Balaban J connectivity index is 2.88. The first-order chi connectivity index (χ1) is 5.86. The maximum Gasteiger partial charge on any atom is 0.0399 e. The van der Waals surface area contributed by atoms with Gasteiger partial charge in [0, 0.05) is 22.3 Å². The highest BCUT2D eigenvalue weighted by Crippen LogP contribution is 2.36. The van der Waals surface area contributed by atoms with E-state index in [1.54, 1.807) is 0 Å². The summed E-state index contributed by atoms with van der Waals surface area (Å²) in [7, 11) is 0. The summed E-state index contributed by atoms with van der Waals surface area (Å²) in [5, 5.41) is 0. The third-order valence-electron chi connectivity index (χ3n) is 2.83. The van der Waals surface area contributed by atoms with Crippen LogP contribution in [0.4, 0.5) is 0 Å². The third-order valence-corrected chi connectivity index (χ3v) is 4.56. The highest BCUT2D eigenvalue weighted by molar-refractivity contribution is 7.99. The molecule has 74 valence electrons. The SMILES string of the molecule is CC(C)C1(C)C#CC(C)(C)CSC1. The van der Waals surface area contributed by atoms with Gasteiger partial charge in [-0.25, -0.2) is 0 Å². The molecule has 0 bridgehead atoms. The van der Waals surface area contributed by atoms with E-state index in [0.717, 1.165) is 0 Å². The molecule has 0 N–H and O–H groups in total. The molecule has 0 fully saturated rings. The first-order valence-electron chi connectivity index (χ1n) is 4.98. The van der Waals surface area contributed by atoms with Gasteiger partial charge in [-0.1, -0.05) is 25.7 Å². The molecule has 0 nitrogen and oxygen atoms in total. The van der Waals surface area contributed by atoms with Crippen molar-refractivity contribution in [3.63, 3.8) is 0 Å². The summed E-state index contributed by atoms with van der Waals surface area (Å²) < 4.78 is 0. The summed E-state index contributed by atoms with van der Waals surface area (Å²) >= 11 is 2.03. The van der Waals surface area contributed by atoms with Crippen molar-refractivity contribution in [1.29, 1.82) is 0 Å². The molecular weight excluding hydrogens is 176 g/mol. The molecule has 0 aromatic carbocycles. The van der Waals surface area contributed by atoms with Gasteiger partial charge in [-0.2, -0.15) is 11.8 Å². The minimum Gasteiger partial charge on any atom is -0.159 e. The molecule has 0 amide bonds. The van der Waals surface area contributed by atoms with Gasteiger partial charge in [0.25, 0.3) is 0 Å². The maximum absolute atomic E-state index is 3.48. The second-order valence-electron chi connectivity index (χ2n) is 5.20. The standard InChI is InChI=1S/C12H20S/c1-10(2)12(5)7-6-11(3,4)8-13-9-12/h10H,8-9H2,1-5H3. The molecule has 0 saturated carbocycles. The van der Waals surface area contributed by atoms with Crippen LogP contribution in [0.1, 0.15) is 34.6 Å². The fourth-order valence-corrected chi connectivity index (χ4v) is 2.73.